The first-order chi connectivity index (χ1) is 10.3. The second kappa shape index (κ2) is 6.18. The lowest BCUT2D eigenvalue weighted by Gasteiger charge is -2.30. The first kappa shape index (κ1) is 13.9. The summed E-state index contributed by atoms with van der Waals surface area (Å²) < 4.78 is 7.34. The molecule has 3 rings (SSSR count). The average Bonchev–Trinajstić information content (AvgIpc) is 2.86. The fourth-order valence-electron chi connectivity index (χ4n) is 2.61. The first-order valence-corrected chi connectivity index (χ1v) is 7.39. The van der Waals surface area contributed by atoms with E-state index in [1.165, 1.54) is 22.6 Å². The molecule has 0 bridgehead atoms. The minimum Gasteiger partial charge on any atom is -0.379 e. The van der Waals surface area contributed by atoms with Crippen LogP contribution >= 0.6 is 0 Å². The molecule has 1 saturated heterocycles. The molecule has 2 heterocycles. The van der Waals surface area contributed by atoms with Crippen LogP contribution < -0.4 is 10.2 Å². The molecular formula is C16H22N4O. The SMILES string of the molecule is Cc1c(CNc2ccccc2N2CCOCC2)cnn1C. The van der Waals surface area contributed by atoms with Crippen LogP contribution in [0.4, 0.5) is 11.4 Å². The molecule has 112 valence electrons. The summed E-state index contributed by atoms with van der Waals surface area (Å²) in [6.45, 7) is 6.39. The molecule has 2 aromatic rings. The molecule has 1 N–H and O–H groups in total. The van der Waals surface area contributed by atoms with Crippen LogP contribution in [0.3, 0.4) is 0 Å². The highest BCUT2D eigenvalue weighted by Gasteiger charge is 2.14. The second-order valence-corrected chi connectivity index (χ2v) is 5.35. The van der Waals surface area contributed by atoms with Crippen LogP contribution in [-0.4, -0.2) is 36.1 Å². The van der Waals surface area contributed by atoms with Crippen molar-refractivity contribution < 1.29 is 4.74 Å². The van der Waals surface area contributed by atoms with Crippen LogP contribution in [0.5, 0.6) is 0 Å². The Kier molecular flexibility index (Phi) is 4.10. The summed E-state index contributed by atoms with van der Waals surface area (Å²) in [4.78, 5) is 2.38. The number of hydrogen-bond donors (Lipinski definition) is 1. The Morgan fingerprint density at radius 2 is 2.00 bits per heavy atom. The van der Waals surface area contributed by atoms with Crippen LogP contribution in [0, 0.1) is 6.92 Å². The largest absolute Gasteiger partial charge is 0.379 e. The Balaban J connectivity index is 1.74. The Hall–Kier alpha value is -2.01. The normalized spacial score (nSPS) is 15.2. The van der Waals surface area contributed by atoms with Gasteiger partial charge in [0.1, 0.15) is 0 Å². The highest BCUT2D eigenvalue weighted by atomic mass is 16.5. The minimum atomic E-state index is 0.793. The standard InChI is InChI=1S/C16H22N4O/c1-13-14(12-18-19(13)2)11-17-15-5-3-4-6-16(15)20-7-9-21-10-8-20/h3-6,12,17H,7-11H2,1-2H3. The molecule has 5 nitrogen and oxygen atoms in total. The maximum atomic E-state index is 5.44. The highest BCUT2D eigenvalue weighted by molar-refractivity contribution is 5.70. The van der Waals surface area contributed by atoms with Gasteiger partial charge in [0, 0.05) is 37.9 Å². The van der Waals surface area contributed by atoms with Gasteiger partial charge >= 0.3 is 0 Å². The molecule has 1 aromatic heterocycles. The molecule has 0 atom stereocenters. The van der Waals surface area contributed by atoms with Crippen molar-refractivity contribution in [2.24, 2.45) is 7.05 Å². The van der Waals surface area contributed by atoms with Gasteiger partial charge in [-0.1, -0.05) is 12.1 Å². The average molecular weight is 286 g/mol. The van der Waals surface area contributed by atoms with Gasteiger partial charge in [-0.2, -0.15) is 5.10 Å². The Labute approximate surface area is 125 Å². The highest BCUT2D eigenvalue weighted by Crippen LogP contribution is 2.27. The molecule has 0 aliphatic carbocycles. The number of anilines is 2. The summed E-state index contributed by atoms with van der Waals surface area (Å²) in [6, 6.07) is 8.47. The maximum absolute atomic E-state index is 5.44. The maximum Gasteiger partial charge on any atom is 0.0642 e. The molecule has 0 unspecified atom stereocenters. The van der Waals surface area contributed by atoms with Crippen molar-refractivity contribution in [1.82, 2.24) is 9.78 Å². The molecule has 1 fully saturated rings. The summed E-state index contributed by atoms with van der Waals surface area (Å²) in [5, 5.41) is 7.84. The fraction of sp³-hybridized carbons (Fsp3) is 0.438. The van der Waals surface area contributed by atoms with Gasteiger partial charge in [0.25, 0.3) is 0 Å². The summed E-state index contributed by atoms with van der Waals surface area (Å²) in [5.41, 5.74) is 4.85. The van der Waals surface area contributed by atoms with Crippen molar-refractivity contribution in [3.8, 4) is 0 Å². The lowest BCUT2D eigenvalue weighted by atomic mass is 10.2. The quantitative estimate of drug-likeness (QED) is 0.935. The van der Waals surface area contributed by atoms with E-state index in [0.29, 0.717) is 0 Å². The number of nitrogens with one attached hydrogen (secondary N) is 1. The Bertz CT molecular complexity index is 602. The summed E-state index contributed by atoms with van der Waals surface area (Å²) in [7, 11) is 1.97. The van der Waals surface area contributed by atoms with E-state index >= 15 is 0 Å². The number of hydrogen-bond acceptors (Lipinski definition) is 4. The van der Waals surface area contributed by atoms with E-state index in [4.69, 9.17) is 4.74 Å². The zero-order valence-corrected chi connectivity index (χ0v) is 12.7. The van der Waals surface area contributed by atoms with Gasteiger partial charge in [0.2, 0.25) is 0 Å². The van der Waals surface area contributed by atoms with Gasteiger partial charge in [-0.05, 0) is 19.1 Å². The molecule has 5 heteroatoms. The Morgan fingerprint density at radius 1 is 1.24 bits per heavy atom. The topological polar surface area (TPSA) is 42.3 Å². The molecule has 1 aliphatic heterocycles. The molecule has 0 spiro atoms. The second-order valence-electron chi connectivity index (χ2n) is 5.35. The number of rotatable bonds is 4. The van der Waals surface area contributed by atoms with Gasteiger partial charge in [-0.15, -0.1) is 0 Å². The van der Waals surface area contributed by atoms with Crippen molar-refractivity contribution in [3.05, 3.63) is 41.7 Å². The van der Waals surface area contributed by atoms with Crippen molar-refractivity contribution >= 4 is 11.4 Å². The van der Waals surface area contributed by atoms with E-state index in [0.717, 1.165) is 32.8 Å². The Morgan fingerprint density at radius 3 is 2.71 bits per heavy atom. The van der Waals surface area contributed by atoms with E-state index in [-0.39, 0.29) is 0 Å². The van der Waals surface area contributed by atoms with Crippen LogP contribution in [-0.2, 0) is 18.3 Å². The molecule has 0 saturated carbocycles. The van der Waals surface area contributed by atoms with Crippen LogP contribution in [0.1, 0.15) is 11.3 Å². The zero-order valence-electron chi connectivity index (χ0n) is 12.7. The monoisotopic (exact) mass is 286 g/mol. The first-order valence-electron chi connectivity index (χ1n) is 7.39. The number of aryl methyl sites for hydroxylation is 1. The molecule has 21 heavy (non-hydrogen) atoms. The smallest absolute Gasteiger partial charge is 0.0642 e. The molecule has 0 radical (unpaired) electrons. The number of morpholine rings is 1. The predicted molar refractivity (Wildman–Crippen MR) is 84.7 cm³/mol. The predicted octanol–water partition coefficient (Wildman–Crippen LogP) is 2.18. The number of benzene rings is 1. The van der Waals surface area contributed by atoms with Crippen molar-refractivity contribution in [2.75, 3.05) is 36.5 Å². The third-order valence-corrected chi connectivity index (χ3v) is 4.06. The van der Waals surface area contributed by atoms with Gasteiger partial charge in [0.15, 0.2) is 0 Å². The number of ether oxygens (including phenoxy) is 1. The van der Waals surface area contributed by atoms with Crippen molar-refractivity contribution in [1.29, 1.82) is 0 Å². The number of nitrogens with zero attached hydrogens (tertiary/aromatic N) is 3. The zero-order chi connectivity index (χ0) is 14.7. The third-order valence-electron chi connectivity index (χ3n) is 4.06. The summed E-state index contributed by atoms with van der Waals surface area (Å²) >= 11 is 0. The molecular weight excluding hydrogens is 264 g/mol. The van der Waals surface area contributed by atoms with E-state index in [1.54, 1.807) is 0 Å². The summed E-state index contributed by atoms with van der Waals surface area (Å²) in [5.74, 6) is 0. The summed E-state index contributed by atoms with van der Waals surface area (Å²) in [6.07, 6.45) is 1.93. The van der Waals surface area contributed by atoms with Crippen molar-refractivity contribution in [2.45, 2.75) is 13.5 Å². The van der Waals surface area contributed by atoms with Crippen molar-refractivity contribution in [3.63, 3.8) is 0 Å². The van der Waals surface area contributed by atoms with E-state index in [9.17, 15) is 0 Å². The van der Waals surface area contributed by atoms with E-state index < -0.39 is 0 Å². The van der Waals surface area contributed by atoms with E-state index in [1.807, 2.05) is 17.9 Å². The van der Waals surface area contributed by atoms with Gasteiger partial charge in [-0.3, -0.25) is 4.68 Å². The lowest BCUT2D eigenvalue weighted by molar-refractivity contribution is 0.123. The third kappa shape index (κ3) is 3.03. The number of aromatic nitrogens is 2. The number of para-hydroxylation sites is 2. The van der Waals surface area contributed by atoms with E-state index in [2.05, 4.69) is 46.5 Å². The molecule has 1 aliphatic rings. The van der Waals surface area contributed by atoms with Gasteiger partial charge in [0.05, 0.1) is 30.8 Å². The van der Waals surface area contributed by atoms with Crippen LogP contribution in [0.2, 0.25) is 0 Å². The minimum absolute atomic E-state index is 0.793. The van der Waals surface area contributed by atoms with Crippen LogP contribution in [0.25, 0.3) is 0 Å². The van der Waals surface area contributed by atoms with Crippen LogP contribution in [0.15, 0.2) is 30.5 Å². The van der Waals surface area contributed by atoms with Gasteiger partial charge < -0.3 is 15.0 Å². The molecule has 0 amide bonds. The lowest BCUT2D eigenvalue weighted by Crippen LogP contribution is -2.36. The molecule has 1 aromatic carbocycles. The van der Waals surface area contributed by atoms with Gasteiger partial charge in [-0.25, -0.2) is 0 Å². The fourth-order valence-corrected chi connectivity index (χ4v) is 2.61.